The average Bonchev–Trinajstić information content (AvgIpc) is 2.34. The molecule has 0 aliphatic heterocycles. The first kappa shape index (κ1) is 14.2. The zero-order chi connectivity index (χ0) is 12.5. The van der Waals surface area contributed by atoms with Crippen molar-refractivity contribution in [3.05, 3.63) is 30.1 Å². The zero-order valence-electron chi connectivity index (χ0n) is 11.4. The minimum absolute atomic E-state index is 0.497. The highest BCUT2D eigenvalue weighted by Crippen LogP contribution is 2.20. The van der Waals surface area contributed by atoms with Crippen molar-refractivity contribution in [2.24, 2.45) is 5.92 Å². The van der Waals surface area contributed by atoms with Gasteiger partial charge >= 0.3 is 0 Å². The summed E-state index contributed by atoms with van der Waals surface area (Å²) in [6.45, 7) is 7.89. The second-order valence-corrected chi connectivity index (χ2v) is 5.11. The van der Waals surface area contributed by atoms with Crippen LogP contribution >= 0.6 is 0 Å². The Bertz CT molecular complexity index is 282. The van der Waals surface area contributed by atoms with E-state index in [1.165, 1.54) is 31.2 Å². The van der Waals surface area contributed by atoms with E-state index in [4.69, 9.17) is 0 Å². The molecule has 0 spiro atoms. The van der Waals surface area contributed by atoms with Crippen molar-refractivity contribution < 1.29 is 0 Å². The maximum atomic E-state index is 4.09. The molecular weight excluding hydrogens is 208 g/mol. The molecule has 0 aliphatic carbocycles. The van der Waals surface area contributed by atoms with E-state index < -0.39 is 0 Å². The van der Waals surface area contributed by atoms with Gasteiger partial charge in [0.15, 0.2) is 0 Å². The molecule has 0 aliphatic rings. The maximum absolute atomic E-state index is 4.09. The van der Waals surface area contributed by atoms with Gasteiger partial charge in [-0.15, -0.1) is 0 Å². The second-order valence-electron chi connectivity index (χ2n) is 5.11. The summed E-state index contributed by atoms with van der Waals surface area (Å²) >= 11 is 0. The van der Waals surface area contributed by atoms with Gasteiger partial charge in [0.1, 0.15) is 0 Å². The first-order chi connectivity index (χ1) is 8.24. The highest BCUT2D eigenvalue weighted by Gasteiger charge is 2.10. The van der Waals surface area contributed by atoms with Crippen molar-refractivity contribution >= 4 is 0 Å². The van der Waals surface area contributed by atoms with Gasteiger partial charge in [-0.1, -0.05) is 33.6 Å². The van der Waals surface area contributed by atoms with Gasteiger partial charge in [0.2, 0.25) is 0 Å². The summed E-state index contributed by atoms with van der Waals surface area (Å²) in [4.78, 5) is 4.09. The molecule has 17 heavy (non-hydrogen) atoms. The minimum atomic E-state index is 0.497. The Morgan fingerprint density at radius 2 is 1.88 bits per heavy atom. The third-order valence-electron chi connectivity index (χ3n) is 3.02. The molecule has 0 saturated carbocycles. The summed E-state index contributed by atoms with van der Waals surface area (Å²) in [5.74, 6) is 0.805. The number of hydrogen-bond donors (Lipinski definition) is 1. The van der Waals surface area contributed by atoms with Crippen LogP contribution in [-0.4, -0.2) is 11.5 Å². The van der Waals surface area contributed by atoms with Crippen LogP contribution in [0, 0.1) is 5.92 Å². The SMILES string of the molecule is CCCNC(CCCC(C)C)c1ccncc1. The number of nitrogens with one attached hydrogen (secondary N) is 1. The maximum Gasteiger partial charge on any atom is 0.0321 e. The van der Waals surface area contributed by atoms with Crippen molar-refractivity contribution in [1.29, 1.82) is 0 Å². The molecule has 1 heterocycles. The molecule has 2 nitrogen and oxygen atoms in total. The van der Waals surface area contributed by atoms with Crippen LogP contribution in [0.3, 0.4) is 0 Å². The van der Waals surface area contributed by atoms with Crippen LogP contribution < -0.4 is 5.32 Å². The van der Waals surface area contributed by atoms with Crippen LogP contribution in [0.25, 0.3) is 0 Å². The Morgan fingerprint density at radius 3 is 2.47 bits per heavy atom. The third-order valence-corrected chi connectivity index (χ3v) is 3.02. The number of nitrogens with zero attached hydrogens (tertiary/aromatic N) is 1. The van der Waals surface area contributed by atoms with Crippen LogP contribution in [0.4, 0.5) is 0 Å². The van der Waals surface area contributed by atoms with Gasteiger partial charge in [-0.25, -0.2) is 0 Å². The molecule has 1 aromatic heterocycles. The van der Waals surface area contributed by atoms with E-state index >= 15 is 0 Å². The van der Waals surface area contributed by atoms with Gasteiger partial charge in [0, 0.05) is 18.4 Å². The molecule has 1 rings (SSSR count). The molecule has 1 aromatic rings. The molecule has 2 heteroatoms. The summed E-state index contributed by atoms with van der Waals surface area (Å²) < 4.78 is 0. The Kier molecular flexibility index (Phi) is 6.87. The Morgan fingerprint density at radius 1 is 1.18 bits per heavy atom. The normalized spacial score (nSPS) is 12.9. The number of pyridine rings is 1. The first-order valence-electron chi connectivity index (χ1n) is 6.87. The van der Waals surface area contributed by atoms with Crippen LogP contribution in [0.1, 0.15) is 58.1 Å². The largest absolute Gasteiger partial charge is 0.310 e. The number of rotatable bonds is 8. The summed E-state index contributed by atoms with van der Waals surface area (Å²) in [5, 5.41) is 3.63. The van der Waals surface area contributed by atoms with E-state index in [9.17, 15) is 0 Å². The van der Waals surface area contributed by atoms with Crippen molar-refractivity contribution in [3.8, 4) is 0 Å². The zero-order valence-corrected chi connectivity index (χ0v) is 11.4. The standard InChI is InChI=1S/C15H26N2/c1-4-10-17-15(7-5-6-13(2)3)14-8-11-16-12-9-14/h8-9,11-13,15,17H,4-7,10H2,1-3H3. The lowest BCUT2D eigenvalue weighted by Gasteiger charge is -2.19. The molecule has 0 amide bonds. The minimum Gasteiger partial charge on any atom is -0.310 e. The molecular formula is C15H26N2. The van der Waals surface area contributed by atoms with Gasteiger partial charge in [0.05, 0.1) is 0 Å². The molecule has 0 fully saturated rings. The van der Waals surface area contributed by atoms with E-state index in [0.717, 1.165) is 12.5 Å². The van der Waals surface area contributed by atoms with E-state index in [1.54, 1.807) is 0 Å². The van der Waals surface area contributed by atoms with Crippen molar-refractivity contribution in [3.63, 3.8) is 0 Å². The predicted octanol–water partition coefficient (Wildman–Crippen LogP) is 3.95. The van der Waals surface area contributed by atoms with Crippen LogP contribution in [0.5, 0.6) is 0 Å². The van der Waals surface area contributed by atoms with Gasteiger partial charge in [-0.3, -0.25) is 4.98 Å². The Hall–Kier alpha value is -0.890. The second kappa shape index (κ2) is 8.24. The number of aromatic nitrogens is 1. The molecule has 1 atom stereocenters. The summed E-state index contributed by atoms with van der Waals surface area (Å²) in [5.41, 5.74) is 1.37. The van der Waals surface area contributed by atoms with Gasteiger partial charge in [-0.2, -0.15) is 0 Å². The first-order valence-corrected chi connectivity index (χ1v) is 6.87. The van der Waals surface area contributed by atoms with Crippen molar-refractivity contribution in [2.45, 2.75) is 52.5 Å². The van der Waals surface area contributed by atoms with Crippen molar-refractivity contribution in [2.75, 3.05) is 6.54 Å². The third kappa shape index (κ3) is 5.83. The fourth-order valence-electron chi connectivity index (χ4n) is 2.03. The highest BCUT2D eigenvalue weighted by atomic mass is 14.9. The summed E-state index contributed by atoms with van der Waals surface area (Å²) in [7, 11) is 0. The van der Waals surface area contributed by atoms with Crippen molar-refractivity contribution in [1.82, 2.24) is 10.3 Å². The van der Waals surface area contributed by atoms with Gasteiger partial charge in [-0.05, 0) is 43.0 Å². The predicted molar refractivity (Wildman–Crippen MR) is 74.0 cm³/mol. The van der Waals surface area contributed by atoms with E-state index in [1.807, 2.05) is 12.4 Å². The Balaban J connectivity index is 2.48. The van der Waals surface area contributed by atoms with Gasteiger partial charge < -0.3 is 5.32 Å². The van der Waals surface area contributed by atoms with E-state index in [-0.39, 0.29) is 0 Å². The van der Waals surface area contributed by atoms with Crippen LogP contribution in [0.15, 0.2) is 24.5 Å². The van der Waals surface area contributed by atoms with Crippen LogP contribution in [-0.2, 0) is 0 Å². The quantitative estimate of drug-likeness (QED) is 0.736. The molecule has 1 unspecified atom stereocenters. The average molecular weight is 234 g/mol. The fraction of sp³-hybridized carbons (Fsp3) is 0.667. The molecule has 1 N–H and O–H groups in total. The van der Waals surface area contributed by atoms with Crippen LogP contribution in [0.2, 0.25) is 0 Å². The lowest BCUT2D eigenvalue weighted by atomic mass is 9.98. The van der Waals surface area contributed by atoms with E-state index in [2.05, 4.69) is 43.2 Å². The molecule has 96 valence electrons. The monoisotopic (exact) mass is 234 g/mol. The summed E-state index contributed by atoms with van der Waals surface area (Å²) in [6, 6.07) is 4.75. The lowest BCUT2D eigenvalue weighted by molar-refractivity contribution is 0.447. The smallest absolute Gasteiger partial charge is 0.0321 e. The highest BCUT2D eigenvalue weighted by molar-refractivity contribution is 5.14. The lowest BCUT2D eigenvalue weighted by Crippen LogP contribution is -2.22. The van der Waals surface area contributed by atoms with E-state index in [0.29, 0.717) is 6.04 Å². The summed E-state index contributed by atoms with van der Waals surface area (Å²) in [6.07, 6.45) is 8.79. The number of hydrogen-bond acceptors (Lipinski definition) is 2. The fourth-order valence-corrected chi connectivity index (χ4v) is 2.03. The van der Waals surface area contributed by atoms with Gasteiger partial charge in [0.25, 0.3) is 0 Å². The Labute approximate surface area is 106 Å². The molecule has 0 saturated heterocycles. The molecule has 0 aromatic carbocycles. The molecule has 0 radical (unpaired) electrons. The topological polar surface area (TPSA) is 24.9 Å². The molecule has 0 bridgehead atoms.